The molecule has 2 aliphatic rings. The number of hydrogen-bond donors (Lipinski definition) is 0. The zero-order valence-corrected chi connectivity index (χ0v) is 12.2. The minimum atomic E-state index is -0.279. The Balaban J connectivity index is 1.51. The van der Waals surface area contributed by atoms with Gasteiger partial charge in [0.1, 0.15) is 0 Å². The Hall–Kier alpha value is -1.69. The van der Waals surface area contributed by atoms with E-state index in [1.54, 1.807) is 12.3 Å². The summed E-state index contributed by atoms with van der Waals surface area (Å²) in [7, 11) is 0. The van der Waals surface area contributed by atoms with Gasteiger partial charge in [-0.3, -0.25) is 9.69 Å². The second-order valence-corrected chi connectivity index (χ2v) is 5.66. The number of anilines is 1. The van der Waals surface area contributed by atoms with Gasteiger partial charge in [-0.05, 0) is 25.0 Å². The number of carbonyl (C=O) groups excluding carboxylic acids is 1. The Bertz CT molecular complexity index is 496. The Morgan fingerprint density at radius 1 is 1.14 bits per heavy atom. The predicted octanol–water partition coefficient (Wildman–Crippen LogP) is 0.965. The maximum Gasteiger partial charge on any atom is 0.236 e. The number of carbonyl (C=O) groups is 1. The highest BCUT2D eigenvalue weighted by molar-refractivity contribution is 5.78. The molecule has 1 aromatic rings. The fraction of sp³-hybridized carbons (Fsp3) is 0.600. The largest absolute Gasteiger partial charge is 0.352 e. The second-order valence-electron chi connectivity index (χ2n) is 5.66. The molecule has 0 saturated carbocycles. The quantitative estimate of drug-likeness (QED) is 0.832. The van der Waals surface area contributed by atoms with Crippen LogP contribution in [0.15, 0.2) is 18.3 Å². The van der Waals surface area contributed by atoms with Crippen LogP contribution < -0.4 is 4.90 Å². The topological polar surface area (TPSA) is 39.7 Å². The number of aromatic nitrogens is 1. The van der Waals surface area contributed by atoms with Crippen LogP contribution in [0.5, 0.6) is 0 Å². The Morgan fingerprint density at radius 2 is 1.86 bits per heavy atom. The number of piperazine rings is 1. The van der Waals surface area contributed by atoms with E-state index in [4.69, 9.17) is 0 Å². The van der Waals surface area contributed by atoms with Crippen molar-refractivity contribution in [3.63, 3.8) is 0 Å². The number of rotatable bonds is 3. The van der Waals surface area contributed by atoms with Crippen molar-refractivity contribution < 1.29 is 9.18 Å². The number of likely N-dealkylation sites (tertiary alicyclic amines) is 1. The van der Waals surface area contributed by atoms with Gasteiger partial charge in [0.15, 0.2) is 11.6 Å². The molecule has 2 saturated heterocycles. The number of hydrogen-bond acceptors (Lipinski definition) is 4. The summed E-state index contributed by atoms with van der Waals surface area (Å²) in [5, 5.41) is 0. The van der Waals surface area contributed by atoms with Crippen LogP contribution in [0.3, 0.4) is 0 Å². The standard InChI is InChI=1S/C15H21FN4O/c16-13-4-3-5-17-15(13)20-10-8-18(9-11-20)12-14(21)19-6-1-2-7-19/h3-5H,1-2,6-12H2. The summed E-state index contributed by atoms with van der Waals surface area (Å²) in [4.78, 5) is 22.3. The molecule has 21 heavy (non-hydrogen) atoms. The minimum Gasteiger partial charge on any atom is -0.352 e. The van der Waals surface area contributed by atoms with Gasteiger partial charge < -0.3 is 9.80 Å². The minimum absolute atomic E-state index is 0.227. The highest BCUT2D eigenvalue weighted by atomic mass is 19.1. The molecule has 0 atom stereocenters. The molecular formula is C15H21FN4O. The third-order valence-electron chi connectivity index (χ3n) is 4.23. The smallest absolute Gasteiger partial charge is 0.236 e. The van der Waals surface area contributed by atoms with E-state index in [1.165, 1.54) is 6.07 Å². The normalized spacial score (nSPS) is 20.0. The van der Waals surface area contributed by atoms with Crippen molar-refractivity contribution in [2.24, 2.45) is 0 Å². The van der Waals surface area contributed by atoms with Crippen molar-refractivity contribution in [1.29, 1.82) is 0 Å². The summed E-state index contributed by atoms with van der Waals surface area (Å²) < 4.78 is 13.7. The Labute approximate surface area is 124 Å². The van der Waals surface area contributed by atoms with Gasteiger partial charge in [0.2, 0.25) is 5.91 Å². The average Bonchev–Trinajstić information content (AvgIpc) is 3.03. The van der Waals surface area contributed by atoms with Gasteiger partial charge in [0, 0.05) is 45.5 Å². The average molecular weight is 292 g/mol. The van der Waals surface area contributed by atoms with Crippen molar-refractivity contribution in [2.75, 3.05) is 50.7 Å². The van der Waals surface area contributed by atoms with Crippen LogP contribution in [0.25, 0.3) is 0 Å². The van der Waals surface area contributed by atoms with Crippen molar-refractivity contribution in [3.8, 4) is 0 Å². The van der Waals surface area contributed by atoms with Gasteiger partial charge in [-0.15, -0.1) is 0 Å². The molecule has 0 radical (unpaired) electrons. The molecule has 0 spiro atoms. The van der Waals surface area contributed by atoms with Crippen molar-refractivity contribution in [1.82, 2.24) is 14.8 Å². The fourth-order valence-electron chi connectivity index (χ4n) is 2.99. The SMILES string of the molecule is O=C(CN1CCN(c2ncccc2F)CC1)N1CCCC1. The molecular weight excluding hydrogens is 271 g/mol. The van der Waals surface area contributed by atoms with Gasteiger partial charge in [-0.1, -0.05) is 0 Å². The molecule has 2 aliphatic heterocycles. The zero-order chi connectivity index (χ0) is 14.7. The van der Waals surface area contributed by atoms with E-state index in [9.17, 15) is 9.18 Å². The molecule has 6 heteroatoms. The van der Waals surface area contributed by atoms with Crippen LogP contribution in [-0.2, 0) is 4.79 Å². The third kappa shape index (κ3) is 3.32. The molecule has 114 valence electrons. The lowest BCUT2D eigenvalue weighted by atomic mass is 10.3. The van der Waals surface area contributed by atoms with Crippen LogP contribution in [-0.4, -0.2) is 66.5 Å². The van der Waals surface area contributed by atoms with E-state index in [-0.39, 0.29) is 11.7 Å². The van der Waals surface area contributed by atoms with Gasteiger partial charge in [0.05, 0.1) is 6.54 Å². The van der Waals surface area contributed by atoms with Gasteiger partial charge >= 0.3 is 0 Å². The predicted molar refractivity (Wildman–Crippen MR) is 78.7 cm³/mol. The van der Waals surface area contributed by atoms with Crippen molar-refractivity contribution in [2.45, 2.75) is 12.8 Å². The Morgan fingerprint density at radius 3 is 2.52 bits per heavy atom. The summed E-state index contributed by atoms with van der Waals surface area (Å²) in [6.45, 7) is 5.25. The molecule has 3 rings (SSSR count). The molecule has 0 unspecified atom stereocenters. The third-order valence-corrected chi connectivity index (χ3v) is 4.23. The second kappa shape index (κ2) is 6.39. The van der Waals surface area contributed by atoms with Crippen molar-refractivity contribution >= 4 is 11.7 Å². The van der Waals surface area contributed by atoms with Gasteiger partial charge in [-0.2, -0.15) is 0 Å². The Kier molecular flexibility index (Phi) is 4.34. The summed E-state index contributed by atoms with van der Waals surface area (Å²) in [5.41, 5.74) is 0. The number of pyridine rings is 1. The number of nitrogens with zero attached hydrogens (tertiary/aromatic N) is 4. The van der Waals surface area contributed by atoms with E-state index < -0.39 is 0 Å². The van der Waals surface area contributed by atoms with E-state index in [0.29, 0.717) is 25.5 Å². The lowest BCUT2D eigenvalue weighted by molar-refractivity contribution is -0.131. The lowest BCUT2D eigenvalue weighted by Gasteiger charge is -2.35. The molecule has 5 nitrogen and oxygen atoms in total. The maximum absolute atomic E-state index is 13.7. The first-order chi connectivity index (χ1) is 10.2. The maximum atomic E-state index is 13.7. The highest BCUT2D eigenvalue weighted by Crippen LogP contribution is 2.17. The lowest BCUT2D eigenvalue weighted by Crippen LogP contribution is -2.50. The highest BCUT2D eigenvalue weighted by Gasteiger charge is 2.24. The van der Waals surface area contributed by atoms with Crippen molar-refractivity contribution in [3.05, 3.63) is 24.1 Å². The summed E-state index contributed by atoms with van der Waals surface area (Å²) in [6, 6.07) is 3.04. The van der Waals surface area contributed by atoms with Gasteiger partial charge in [0.25, 0.3) is 0 Å². The van der Waals surface area contributed by atoms with Gasteiger partial charge in [-0.25, -0.2) is 9.37 Å². The van der Waals surface area contributed by atoms with Crippen LogP contribution in [0.4, 0.5) is 10.2 Å². The van der Waals surface area contributed by atoms with E-state index >= 15 is 0 Å². The molecule has 3 heterocycles. The molecule has 2 fully saturated rings. The molecule has 1 aromatic heterocycles. The summed E-state index contributed by atoms with van der Waals surface area (Å²) >= 11 is 0. The van der Waals surface area contributed by atoms with E-state index in [0.717, 1.165) is 39.0 Å². The first kappa shape index (κ1) is 14.3. The van der Waals surface area contributed by atoms with E-state index in [2.05, 4.69) is 9.88 Å². The monoisotopic (exact) mass is 292 g/mol. The molecule has 0 aliphatic carbocycles. The molecule has 0 aromatic carbocycles. The number of halogens is 1. The van der Waals surface area contributed by atoms with Crippen LogP contribution in [0, 0.1) is 5.82 Å². The fourth-order valence-corrected chi connectivity index (χ4v) is 2.99. The first-order valence-corrected chi connectivity index (χ1v) is 7.59. The van der Waals surface area contributed by atoms with Crippen LogP contribution in [0.2, 0.25) is 0 Å². The summed E-state index contributed by atoms with van der Waals surface area (Å²) in [6.07, 6.45) is 3.86. The van der Waals surface area contributed by atoms with Crippen LogP contribution in [0.1, 0.15) is 12.8 Å². The molecule has 0 bridgehead atoms. The zero-order valence-electron chi connectivity index (χ0n) is 12.2. The number of amides is 1. The molecule has 0 N–H and O–H groups in total. The van der Waals surface area contributed by atoms with Crippen LogP contribution >= 0.6 is 0 Å². The molecule has 1 amide bonds. The first-order valence-electron chi connectivity index (χ1n) is 7.59. The summed E-state index contributed by atoms with van der Waals surface area (Å²) in [5.74, 6) is 0.368. The van der Waals surface area contributed by atoms with E-state index in [1.807, 2.05) is 9.80 Å².